The summed E-state index contributed by atoms with van der Waals surface area (Å²) in [7, 11) is 0. The number of aliphatic hydroxyl groups is 1. The zero-order valence-corrected chi connectivity index (χ0v) is 17.8. The maximum atomic E-state index is 13.5. The highest BCUT2D eigenvalue weighted by molar-refractivity contribution is 6.46. The number of hydrogen-bond donors (Lipinski definition) is 1. The summed E-state index contributed by atoms with van der Waals surface area (Å²) < 4.78 is 13.5. The van der Waals surface area contributed by atoms with Gasteiger partial charge >= 0.3 is 0 Å². The SMILES string of the molecule is CCN(CC)CCN1C(=O)C(=O)/C(=C(\O)c2cccc([N+](=O)[O-])c2)C1c1ccc(F)cc1. The van der Waals surface area contributed by atoms with Crippen LogP contribution < -0.4 is 0 Å². The molecular formula is C23H24FN3O5. The van der Waals surface area contributed by atoms with Gasteiger partial charge < -0.3 is 14.9 Å². The zero-order chi connectivity index (χ0) is 23.4. The van der Waals surface area contributed by atoms with Crippen molar-refractivity contribution in [1.82, 2.24) is 9.80 Å². The van der Waals surface area contributed by atoms with Gasteiger partial charge in [-0.1, -0.05) is 38.1 Å². The van der Waals surface area contributed by atoms with Crippen molar-refractivity contribution in [3.05, 3.63) is 81.2 Å². The van der Waals surface area contributed by atoms with Gasteiger partial charge in [-0.2, -0.15) is 0 Å². The molecule has 1 aliphatic rings. The highest BCUT2D eigenvalue weighted by Gasteiger charge is 2.46. The van der Waals surface area contributed by atoms with Crippen molar-refractivity contribution in [2.45, 2.75) is 19.9 Å². The molecule has 2 aromatic carbocycles. The first-order chi connectivity index (χ1) is 15.3. The highest BCUT2D eigenvalue weighted by Crippen LogP contribution is 2.39. The molecule has 168 valence electrons. The van der Waals surface area contributed by atoms with E-state index in [9.17, 15) is 29.2 Å². The van der Waals surface area contributed by atoms with Crippen LogP contribution in [0.4, 0.5) is 10.1 Å². The first kappa shape index (κ1) is 23.1. The molecule has 1 atom stereocenters. The molecule has 0 saturated carbocycles. The predicted octanol–water partition coefficient (Wildman–Crippen LogP) is 3.50. The molecule has 8 nitrogen and oxygen atoms in total. The van der Waals surface area contributed by atoms with Crippen LogP contribution in [-0.4, -0.2) is 57.7 Å². The Morgan fingerprint density at radius 1 is 1.16 bits per heavy atom. The fourth-order valence-corrected chi connectivity index (χ4v) is 3.81. The van der Waals surface area contributed by atoms with Crippen molar-refractivity contribution < 1.29 is 24.0 Å². The molecule has 0 spiro atoms. The second-order valence-corrected chi connectivity index (χ2v) is 7.38. The number of ketones is 1. The fourth-order valence-electron chi connectivity index (χ4n) is 3.81. The van der Waals surface area contributed by atoms with Crippen LogP contribution in [0.25, 0.3) is 5.76 Å². The molecule has 1 fully saturated rings. The van der Waals surface area contributed by atoms with E-state index in [1.54, 1.807) is 0 Å². The van der Waals surface area contributed by atoms with E-state index in [4.69, 9.17) is 0 Å². The second kappa shape index (κ2) is 9.69. The summed E-state index contributed by atoms with van der Waals surface area (Å²) in [6, 6.07) is 9.61. The van der Waals surface area contributed by atoms with Crippen molar-refractivity contribution in [3.8, 4) is 0 Å². The van der Waals surface area contributed by atoms with Crippen LogP contribution in [-0.2, 0) is 9.59 Å². The number of Topliss-reactive ketones (excluding diaryl/α,β-unsaturated/α-hetero) is 1. The molecule has 1 heterocycles. The Morgan fingerprint density at radius 3 is 2.41 bits per heavy atom. The molecule has 2 aromatic rings. The monoisotopic (exact) mass is 441 g/mol. The summed E-state index contributed by atoms with van der Waals surface area (Å²) in [5, 5.41) is 22.1. The summed E-state index contributed by atoms with van der Waals surface area (Å²) in [6.07, 6.45) is 0. The van der Waals surface area contributed by atoms with Crippen LogP contribution in [0, 0.1) is 15.9 Å². The van der Waals surface area contributed by atoms with E-state index in [0.717, 1.165) is 19.2 Å². The number of rotatable bonds is 8. The lowest BCUT2D eigenvalue weighted by atomic mass is 9.95. The topological polar surface area (TPSA) is 104 Å². The molecule has 32 heavy (non-hydrogen) atoms. The molecule has 9 heteroatoms. The van der Waals surface area contributed by atoms with Crippen LogP contribution in [0.2, 0.25) is 0 Å². The van der Waals surface area contributed by atoms with Crippen molar-refractivity contribution in [1.29, 1.82) is 0 Å². The third kappa shape index (κ3) is 4.52. The van der Waals surface area contributed by atoms with Gasteiger partial charge in [0.15, 0.2) is 0 Å². The first-order valence-corrected chi connectivity index (χ1v) is 10.3. The number of nitrogens with zero attached hydrogens (tertiary/aromatic N) is 3. The van der Waals surface area contributed by atoms with E-state index >= 15 is 0 Å². The van der Waals surface area contributed by atoms with Crippen molar-refractivity contribution >= 4 is 23.1 Å². The summed E-state index contributed by atoms with van der Waals surface area (Å²) in [6.45, 7) is 6.22. The number of likely N-dealkylation sites (tertiary alicyclic amines) is 1. The summed E-state index contributed by atoms with van der Waals surface area (Å²) in [4.78, 5) is 39.8. The van der Waals surface area contributed by atoms with Gasteiger partial charge in [0.1, 0.15) is 11.6 Å². The normalized spacial score (nSPS) is 17.9. The van der Waals surface area contributed by atoms with Crippen LogP contribution in [0.15, 0.2) is 54.1 Å². The minimum atomic E-state index is -0.939. The number of nitro benzene ring substituents is 1. The van der Waals surface area contributed by atoms with E-state index in [1.807, 2.05) is 13.8 Å². The zero-order valence-electron chi connectivity index (χ0n) is 17.8. The number of carbonyl (C=O) groups is 2. The Bertz CT molecular complexity index is 1060. The van der Waals surface area contributed by atoms with Crippen LogP contribution in [0.3, 0.4) is 0 Å². The predicted molar refractivity (Wildman–Crippen MR) is 116 cm³/mol. The third-order valence-corrected chi connectivity index (χ3v) is 5.61. The minimum absolute atomic E-state index is 0.0491. The fraction of sp³-hybridized carbons (Fsp3) is 0.304. The van der Waals surface area contributed by atoms with Gasteiger partial charge in [-0.25, -0.2) is 4.39 Å². The largest absolute Gasteiger partial charge is 0.507 e. The molecule has 0 bridgehead atoms. The van der Waals surface area contributed by atoms with Crippen LogP contribution >= 0.6 is 0 Å². The van der Waals surface area contributed by atoms with Gasteiger partial charge in [0.2, 0.25) is 0 Å². The van der Waals surface area contributed by atoms with Gasteiger partial charge in [0.05, 0.1) is 16.5 Å². The number of carbonyl (C=O) groups excluding carboxylic acids is 2. The number of benzene rings is 2. The maximum absolute atomic E-state index is 13.5. The van der Waals surface area contributed by atoms with Gasteiger partial charge in [0, 0.05) is 30.8 Å². The number of aliphatic hydroxyl groups excluding tert-OH is 1. The number of non-ortho nitro benzene ring substituents is 1. The van der Waals surface area contributed by atoms with Crippen molar-refractivity contribution in [2.24, 2.45) is 0 Å². The van der Waals surface area contributed by atoms with Gasteiger partial charge in [-0.05, 0) is 30.8 Å². The number of halogens is 1. The van der Waals surface area contributed by atoms with Crippen LogP contribution in [0.5, 0.6) is 0 Å². The molecule has 1 N–H and O–H groups in total. The van der Waals surface area contributed by atoms with E-state index in [-0.39, 0.29) is 23.4 Å². The number of nitro groups is 1. The van der Waals surface area contributed by atoms with E-state index in [2.05, 4.69) is 4.90 Å². The number of likely N-dealkylation sites (N-methyl/N-ethyl adjacent to an activating group) is 1. The minimum Gasteiger partial charge on any atom is -0.507 e. The molecule has 0 aliphatic carbocycles. The van der Waals surface area contributed by atoms with Gasteiger partial charge in [-0.3, -0.25) is 19.7 Å². The smallest absolute Gasteiger partial charge is 0.295 e. The lowest BCUT2D eigenvalue weighted by molar-refractivity contribution is -0.384. The maximum Gasteiger partial charge on any atom is 0.295 e. The van der Waals surface area contributed by atoms with E-state index < -0.39 is 34.2 Å². The quantitative estimate of drug-likeness (QED) is 0.221. The average molecular weight is 441 g/mol. The van der Waals surface area contributed by atoms with Gasteiger partial charge in [-0.15, -0.1) is 0 Å². The van der Waals surface area contributed by atoms with Gasteiger partial charge in [0.25, 0.3) is 17.4 Å². The summed E-state index contributed by atoms with van der Waals surface area (Å²) in [5.41, 5.74) is 0.0648. The lowest BCUT2D eigenvalue weighted by Crippen LogP contribution is -2.38. The average Bonchev–Trinajstić information content (AvgIpc) is 3.04. The Hall–Kier alpha value is -3.59. The Morgan fingerprint density at radius 2 is 1.81 bits per heavy atom. The van der Waals surface area contributed by atoms with E-state index in [1.165, 1.54) is 47.4 Å². The van der Waals surface area contributed by atoms with Crippen molar-refractivity contribution in [3.63, 3.8) is 0 Å². The molecule has 1 amide bonds. The first-order valence-electron chi connectivity index (χ1n) is 10.3. The van der Waals surface area contributed by atoms with Crippen LogP contribution in [0.1, 0.15) is 31.0 Å². The van der Waals surface area contributed by atoms with Crippen molar-refractivity contribution in [2.75, 3.05) is 26.2 Å². The molecule has 1 unspecified atom stereocenters. The van der Waals surface area contributed by atoms with E-state index in [0.29, 0.717) is 12.1 Å². The molecule has 0 aromatic heterocycles. The molecule has 0 radical (unpaired) electrons. The second-order valence-electron chi connectivity index (χ2n) is 7.38. The third-order valence-electron chi connectivity index (χ3n) is 5.61. The molecule has 1 aliphatic heterocycles. The summed E-state index contributed by atoms with van der Waals surface area (Å²) in [5.74, 6) is -2.65. The Balaban J connectivity index is 2.12. The Labute approximate surface area is 184 Å². The number of amides is 1. The number of hydrogen-bond acceptors (Lipinski definition) is 6. The molecular weight excluding hydrogens is 417 g/mol. The molecule has 3 rings (SSSR count). The lowest BCUT2D eigenvalue weighted by Gasteiger charge is -2.28. The Kier molecular flexibility index (Phi) is 6.99. The highest BCUT2D eigenvalue weighted by atomic mass is 19.1. The summed E-state index contributed by atoms with van der Waals surface area (Å²) >= 11 is 0. The standard InChI is InChI=1S/C23H24FN3O5/c1-3-25(4-2)12-13-26-20(15-8-10-17(24)11-9-15)19(22(29)23(26)30)21(28)16-6-5-7-18(14-16)27(31)32/h5-11,14,20,28H,3-4,12-13H2,1-2H3/b21-19-. The molecule has 1 saturated heterocycles.